The van der Waals surface area contributed by atoms with Crippen LogP contribution in [0, 0.1) is 10.1 Å². The lowest BCUT2D eigenvalue weighted by Gasteiger charge is -2.09. The molecule has 3 N–H and O–H groups in total. The zero-order valence-electron chi connectivity index (χ0n) is 11.1. The molecule has 0 aromatic heterocycles. The minimum Gasteiger partial charge on any atom is -0.378 e. The van der Waals surface area contributed by atoms with Gasteiger partial charge in [0.2, 0.25) is 0 Å². The molecule has 106 valence electrons. The number of aliphatic imine (C=N–C) groups is 1. The third-order valence-electron chi connectivity index (χ3n) is 1.86. The average Bonchev–Trinajstić information content (AvgIpc) is 2.27. The number of nitrogens with two attached hydrogens (primary N) is 1. The van der Waals surface area contributed by atoms with E-state index in [9.17, 15) is 0 Å². The van der Waals surface area contributed by atoms with Crippen molar-refractivity contribution in [1.29, 1.82) is 0 Å². The molecule has 0 unspecified atom stereocenters. The van der Waals surface area contributed by atoms with E-state index in [4.69, 9.17) is 21.1 Å². The molecule has 1 rings (SSSR count). The molecule has 0 aliphatic heterocycles. The van der Waals surface area contributed by atoms with Crippen LogP contribution in [-0.2, 0) is 6.54 Å². The summed E-state index contributed by atoms with van der Waals surface area (Å²) in [6.45, 7) is 0.919. The molecule has 1 aromatic carbocycles. The molecule has 0 heterocycles. The van der Waals surface area contributed by atoms with Crippen molar-refractivity contribution in [3.05, 3.63) is 39.9 Å². The van der Waals surface area contributed by atoms with Crippen molar-refractivity contribution in [2.45, 2.75) is 6.54 Å². The van der Waals surface area contributed by atoms with Crippen LogP contribution in [0.25, 0.3) is 0 Å². The number of benzene rings is 1. The van der Waals surface area contributed by atoms with E-state index in [1.54, 1.807) is 0 Å². The van der Waals surface area contributed by atoms with Crippen molar-refractivity contribution in [1.82, 2.24) is 4.90 Å². The second-order valence-electron chi connectivity index (χ2n) is 3.80. The maximum Gasteiger partial charge on any atom is 0.291 e. The molecule has 0 radical (unpaired) electrons. The Bertz CT molecular complexity index is 434. The monoisotopic (exact) mass is 286 g/mol. The third kappa shape index (κ3) is 9.86. The summed E-state index contributed by atoms with van der Waals surface area (Å²) < 4.78 is 0. The smallest absolute Gasteiger partial charge is 0.291 e. The predicted molar refractivity (Wildman–Crippen MR) is 77.4 cm³/mol. The highest BCUT2D eigenvalue weighted by Crippen LogP contribution is 2.16. The summed E-state index contributed by atoms with van der Waals surface area (Å²) in [6.07, 6.45) is 1.92. The van der Waals surface area contributed by atoms with E-state index in [0.717, 1.165) is 12.2 Å². The van der Waals surface area contributed by atoms with Gasteiger partial charge in [-0.1, -0.05) is 23.9 Å². The number of hydrogen-bond donors (Lipinski definition) is 2. The van der Waals surface area contributed by atoms with Gasteiger partial charge in [0.1, 0.15) is 0 Å². The minimum absolute atomic E-state index is 0.594. The Morgan fingerprint density at radius 1 is 1.58 bits per heavy atom. The SMILES string of the molecule is CSC(N)=Nc1cccc(CN(C)C)c1.O=[N+]([O-])O. The first-order valence-electron chi connectivity index (χ1n) is 5.30. The van der Waals surface area contributed by atoms with Crippen molar-refractivity contribution < 1.29 is 10.3 Å². The summed E-state index contributed by atoms with van der Waals surface area (Å²) in [6, 6.07) is 8.12. The van der Waals surface area contributed by atoms with E-state index >= 15 is 0 Å². The largest absolute Gasteiger partial charge is 0.378 e. The van der Waals surface area contributed by atoms with Crippen molar-refractivity contribution in [2.75, 3.05) is 20.4 Å². The van der Waals surface area contributed by atoms with Crippen LogP contribution in [0.4, 0.5) is 5.69 Å². The molecule has 19 heavy (non-hydrogen) atoms. The molecular formula is C11H18N4O3S. The molecule has 0 saturated heterocycles. The molecule has 7 nitrogen and oxygen atoms in total. The fraction of sp³-hybridized carbons (Fsp3) is 0.364. The summed E-state index contributed by atoms with van der Waals surface area (Å²) in [5.41, 5.74) is 7.82. The summed E-state index contributed by atoms with van der Waals surface area (Å²) in [7, 11) is 4.10. The second-order valence-corrected chi connectivity index (χ2v) is 4.63. The van der Waals surface area contributed by atoms with E-state index in [1.807, 2.05) is 32.5 Å². The number of thioether (sulfide) groups is 1. The lowest BCUT2D eigenvalue weighted by atomic mass is 10.2. The Morgan fingerprint density at radius 2 is 2.16 bits per heavy atom. The summed E-state index contributed by atoms with van der Waals surface area (Å²) in [5.74, 6) is 0. The topological polar surface area (TPSA) is 105 Å². The van der Waals surface area contributed by atoms with Crippen LogP contribution in [-0.4, -0.2) is 40.7 Å². The Balaban J connectivity index is 0.000000711. The molecular weight excluding hydrogens is 268 g/mol. The first-order chi connectivity index (χ1) is 8.85. The molecule has 0 atom stereocenters. The minimum atomic E-state index is -1.50. The Kier molecular flexibility index (Phi) is 8.30. The van der Waals surface area contributed by atoms with E-state index in [2.05, 4.69) is 22.0 Å². The Labute approximate surface area is 116 Å². The Morgan fingerprint density at radius 3 is 2.63 bits per heavy atom. The number of nitrogens with zero attached hydrogens (tertiary/aromatic N) is 3. The van der Waals surface area contributed by atoms with Crippen LogP contribution in [0.3, 0.4) is 0 Å². The summed E-state index contributed by atoms with van der Waals surface area (Å²) >= 11 is 1.46. The molecule has 0 spiro atoms. The van der Waals surface area contributed by atoms with Crippen molar-refractivity contribution in [3.8, 4) is 0 Å². The zero-order valence-corrected chi connectivity index (χ0v) is 11.9. The second kappa shape index (κ2) is 9.17. The zero-order chi connectivity index (χ0) is 14.8. The van der Waals surface area contributed by atoms with E-state index in [-0.39, 0.29) is 0 Å². The molecule has 8 heteroatoms. The van der Waals surface area contributed by atoms with Crippen LogP contribution in [0.5, 0.6) is 0 Å². The van der Waals surface area contributed by atoms with Gasteiger partial charge in [-0.3, -0.25) is 0 Å². The van der Waals surface area contributed by atoms with Gasteiger partial charge < -0.3 is 15.8 Å². The quantitative estimate of drug-likeness (QED) is 0.379. The van der Waals surface area contributed by atoms with Crippen LogP contribution in [0.15, 0.2) is 29.3 Å². The fourth-order valence-electron chi connectivity index (χ4n) is 1.26. The lowest BCUT2D eigenvalue weighted by molar-refractivity contribution is -0.742. The van der Waals surface area contributed by atoms with Gasteiger partial charge in [-0.15, -0.1) is 10.1 Å². The number of amidine groups is 1. The molecule has 0 saturated carbocycles. The molecule has 0 bridgehead atoms. The van der Waals surface area contributed by atoms with E-state index < -0.39 is 5.09 Å². The van der Waals surface area contributed by atoms with Crippen LogP contribution < -0.4 is 5.73 Å². The maximum atomic E-state index is 8.36. The molecule has 0 aliphatic rings. The van der Waals surface area contributed by atoms with Crippen LogP contribution >= 0.6 is 11.8 Å². The lowest BCUT2D eigenvalue weighted by Crippen LogP contribution is -2.10. The molecule has 0 aliphatic carbocycles. The van der Waals surface area contributed by atoms with Crippen molar-refractivity contribution in [3.63, 3.8) is 0 Å². The van der Waals surface area contributed by atoms with Gasteiger partial charge in [0, 0.05) is 6.54 Å². The summed E-state index contributed by atoms with van der Waals surface area (Å²) in [5, 5.41) is 14.2. The van der Waals surface area contributed by atoms with Crippen molar-refractivity contribution in [2.24, 2.45) is 10.7 Å². The number of hydrogen-bond acceptors (Lipinski definition) is 5. The average molecular weight is 286 g/mol. The van der Waals surface area contributed by atoms with Gasteiger partial charge in [-0.2, -0.15) is 0 Å². The van der Waals surface area contributed by atoms with Gasteiger partial charge in [-0.05, 0) is 38.0 Å². The summed E-state index contributed by atoms with van der Waals surface area (Å²) in [4.78, 5) is 14.8. The first-order valence-corrected chi connectivity index (χ1v) is 6.52. The standard InChI is InChI=1S/C11H17N3S.HNO3/c1-14(2)8-9-5-4-6-10(7-9)13-11(12)15-3;2-1(3)4/h4-7H,8H2,1-3H3,(H2,12,13);(H,2,3,4). The van der Waals surface area contributed by atoms with Gasteiger partial charge in [0.05, 0.1) is 5.69 Å². The maximum absolute atomic E-state index is 8.36. The highest BCUT2D eigenvalue weighted by Gasteiger charge is 1.97. The predicted octanol–water partition coefficient (Wildman–Crippen LogP) is 1.71. The molecule has 0 amide bonds. The first kappa shape index (κ1) is 17.2. The van der Waals surface area contributed by atoms with Crippen LogP contribution in [0.1, 0.15) is 5.56 Å². The van der Waals surface area contributed by atoms with Gasteiger partial charge in [-0.25, -0.2) is 4.99 Å². The highest BCUT2D eigenvalue weighted by molar-refractivity contribution is 8.13. The fourth-order valence-corrected chi connectivity index (χ4v) is 1.46. The van der Waals surface area contributed by atoms with Gasteiger partial charge in [0.25, 0.3) is 5.09 Å². The van der Waals surface area contributed by atoms with E-state index in [1.165, 1.54) is 17.3 Å². The van der Waals surface area contributed by atoms with Crippen molar-refractivity contribution >= 4 is 22.6 Å². The molecule has 1 aromatic rings. The normalized spacial score (nSPS) is 10.8. The van der Waals surface area contributed by atoms with Gasteiger partial charge >= 0.3 is 0 Å². The van der Waals surface area contributed by atoms with E-state index in [0.29, 0.717) is 5.17 Å². The van der Waals surface area contributed by atoms with Crippen LogP contribution in [0.2, 0.25) is 0 Å². The number of rotatable bonds is 3. The third-order valence-corrected chi connectivity index (χ3v) is 2.37. The highest BCUT2D eigenvalue weighted by atomic mass is 32.2. The van der Waals surface area contributed by atoms with Gasteiger partial charge in [0.15, 0.2) is 5.17 Å². The Hall–Kier alpha value is -1.80. The molecule has 0 fully saturated rings.